The molecule has 1 aromatic carbocycles. The lowest BCUT2D eigenvalue weighted by molar-refractivity contribution is -0.141. The van der Waals surface area contributed by atoms with Gasteiger partial charge < -0.3 is 19.1 Å². The predicted octanol–water partition coefficient (Wildman–Crippen LogP) is 2.67. The molecular formula is C16H18ClF2N3O5. The smallest absolute Gasteiger partial charge is 0.387 e. The summed E-state index contributed by atoms with van der Waals surface area (Å²) in [5, 5.41) is 12.9. The second-order valence-electron chi connectivity index (χ2n) is 5.81. The van der Waals surface area contributed by atoms with Crippen molar-refractivity contribution in [2.45, 2.75) is 19.6 Å². The molecule has 0 amide bonds. The van der Waals surface area contributed by atoms with Crippen LogP contribution in [0.1, 0.15) is 12.3 Å². The Morgan fingerprint density at radius 2 is 2.22 bits per heavy atom. The molecule has 11 heteroatoms. The standard InChI is InChI=1S/C16H17F2N3O5.ClH/c1-24-12-6-9(2-3-11(12)25-16(17)18)14-19-13(26-20-14)8-21-5-4-10(7-21)15(22)23;/h2-3,6,10,16H,4-5,7-8H2,1H3,(H,22,23);1H. The number of carboxylic acids is 1. The molecule has 1 aromatic heterocycles. The summed E-state index contributed by atoms with van der Waals surface area (Å²) in [5.74, 6) is -0.542. The van der Waals surface area contributed by atoms with E-state index in [0.29, 0.717) is 37.5 Å². The molecule has 2 heterocycles. The third-order valence-corrected chi connectivity index (χ3v) is 4.09. The first-order valence-electron chi connectivity index (χ1n) is 7.87. The number of nitrogens with zero attached hydrogens (tertiary/aromatic N) is 3. The number of carbonyl (C=O) groups is 1. The number of rotatable bonds is 7. The Kier molecular flexibility index (Phi) is 6.92. The Bertz CT molecular complexity index is 789. The molecule has 0 aliphatic carbocycles. The van der Waals surface area contributed by atoms with Crippen molar-refractivity contribution >= 4 is 18.4 Å². The average Bonchev–Trinajstić information content (AvgIpc) is 3.25. The fourth-order valence-electron chi connectivity index (χ4n) is 2.81. The van der Waals surface area contributed by atoms with Gasteiger partial charge in [-0.2, -0.15) is 13.8 Å². The molecule has 0 spiro atoms. The summed E-state index contributed by atoms with van der Waals surface area (Å²) in [5.41, 5.74) is 0.517. The van der Waals surface area contributed by atoms with Gasteiger partial charge in [0.05, 0.1) is 19.6 Å². The van der Waals surface area contributed by atoms with E-state index < -0.39 is 12.6 Å². The van der Waals surface area contributed by atoms with Crippen molar-refractivity contribution in [3.63, 3.8) is 0 Å². The summed E-state index contributed by atoms with van der Waals surface area (Å²) >= 11 is 0. The quantitative estimate of drug-likeness (QED) is 0.750. The molecule has 8 nitrogen and oxygen atoms in total. The topological polar surface area (TPSA) is 97.9 Å². The highest BCUT2D eigenvalue weighted by atomic mass is 35.5. The van der Waals surface area contributed by atoms with Crippen LogP contribution in [0, 0.1) is 5.92 Å². The number of likely N-dealkylation sites (tertiary alicyclic amines) is 1. The van der Waals surface area contributed by atoms with Gasteiger partial charge in [-0.15, -0.1) is 12.4 Å². The van der Waals surface area contributed by atoms with Crippen molar-refractivity contribution in [2.75, 3.05) is 20.2 Å². The maximum absolute atomic E-state index is 12.4. The average molecular weight is 406 g/mol. The molecule has 1 atom stereocenters. The van der Waals surface area contributed by atoms with Crippen LogP contribution in [0.15, 0.2) is 22.7 Å². The van der Waals surface area contributed by atoms with Crippen molar-refractivity contribution in [2.24, 2.45) is 5.92 Å². The van der Waals surface area contributed by atoms with E-state index in [9.17, 15) is 13.6 Å². The fourth-order valence-corrected chi connectivity index (χ4v) is 2.81. The van der Waals surface area contributed by atoms with Crippen molar-refractivity contribution in [3.8, 4) is 22.9 Å². The van der Waals surface area contributed by atoms with Gasteiger partial charge in [0.1, 0.15) is 0 Å². The second-order valence-corrected chi connectivity index (χ2v) is 5.81. The lowest BCUT2D eigenvalue weighted by Gasteiger charge is -2.11. The maximum Gasteiger partial charge on any atom is 0.387 e. The highest BCUT2D eigenvalue weighted by Gasteiger charge is 2.29. The first-order valence-corrected chi connectivity index (χ1v) is 7.87. The van der Waals surface area contributed by atoms with Gasteiger partial charge in [-0.05, 0) is 31.2 Å². The van der Waals surface area contributed by atoms with Crippen molar-refractivity contribution in [3.05, 3.63) is 24.1 Å². The summed E-state index contributed by atoms with van der Waals surface area (Å²) in [6.07, 6.45) is 0.582. The molecular weight excluding hydrogens is 388 g/mol. The molecule has 1 unspecified atom stereocenters. The van der Waals surface area contributed by atoms with Gasteiger partial charge in [-0.3, -0.25) is 9.69 Å². The molecule has 1 aliphatic heterocycles. The van der Waals surface area contributed by atoms with Gasteiger partial charge in [0.2, 0.25) is 11.7 Å². The SMILES string of the molecule is COc1cc(-c2noc(CN3CCC(C(=O)O)C3)n2)ccc1OC(F)F.Cl. The van der Waals surface area contributed by atoms with Crippen LogP contribution in [-0.2, 0) is 11.3 Å². The van der Waals surface area contributed by atoms with Crippen LogP contribution in [-0.4, -0.2) is 52.9 Å². The van der Waals surface area contributed by atoms with Crippen LogP contribution >= 0.6 is 12.4 Å². The van der Waals surface area contributed by atoms with Crippen LogP contribution in [0.25, 0.3) is 11.4 Å². The molecule has 0 radical (unpaired) electrons. The van der Waals surface area contributed by atoms with Gasteiger partial charge in [-0.1, -0.05) is 5.16 Å². The first kappa shape index (κ1) is 20.8. The van der Waals surface area contributed by atoms with Gasteiger partial charge in [0.25, 0.3) is 0 Å². The minimum atomic E-state index is -2.96. The molecule has 1 N–H and O–H groups in total. The largest absolute Gasteiger partial charge is 0.493 e. The van der Waals surface area contributed by atoms with E-state index in [1.807, 2.05) is 4.90 Å². The monoisotopic (exact) mass is 405 g/mol. The van der Waals surface area contributed by atoms with E-state index in [-0.39, 0.29) is 35.6 Å². The van der Waals surface area contributed by atoms with Gasteiger partial charge >= 0.3 is 12.6 Å². The number of alkyl halides is 2. The third-order valence-electron chi connectivity index (χ3n) is 4.09. The van der Waals surface area contributed by atoms with Crippen molar-refractivity contribution < 1.29 is 32.7 Å². The van der Waals surface area contributed by atoms with Gasteiger partial charge in [0, 0.05) is 12.1 Å². The number of methoxy groups -OCH3 is 1. The Balaban J connectivity index is 0.00000261. The zero-order chi connectivity index (χ0) is 18.7. The summed E-state index contributed by atoms with van der Waals surface area (Å²) in [7, 11) is 1.34. The number of carboxylic acid groups (broad SMARTS) is 1. The van der Waals surface area contributed by atoms with Crippen LogP contribution in [0.5, 0.6) is 11.5 Å². The molecule has 1 fully saturated rings. The Morgan fingerprint density at radius 3 is 2.85 bits per heavy atom. The van der Waals surface area contributed by atoms with Crippen LogP contribution in [0.3, 0.4) is 0 Å². The number of aromatic nitrogens is 2. The van der Waals surface area contributed by atoms with Crippen LogP contribution < -0.4 is 9.47 Å². The highest BCUT2D eigenvalue weighted by molar-refractivity contribution is 5.85. The minimum Gasteiger partial charge on any atom is -0.493 e. The summed E-state index contributed by atoms with van der Waals surface area (Å²) in [4.78, 5) is 17.2. The van der Waals surface area contributed by atoms with E-state index in [4.69, 9.17) is 14.4 Å². The van der Waals surface area contributed by atoms with E-state index in [1.165, 1.54) is 25.3 Å². The van der Waals surface area contributed by atoms with E-state index in [2.05, 4.69) is 14.9 Å². The van der Waals surface area contributed by atoms with Gasteiger partial charge in [0.15, 0.2) is 11.5 Å². The summed E-state index contributed by atoms with van der Waals surface area (Å²) in [6, 6.07) is 4.34. The molecule has 0 saturated carbocycles. The number of halogens is 3. The molecule has 1 saturated heterocycles. The first-order chi connectivity index (χ1) is 12.5. The van der Waals surface area contributed by atoms with E-state index in [1.54, 1.807) is 0 Å². The number of aliphatic carboxylic acids is 1. The molecule has 27 heavy (non-hydrogen) atoms. The number of ether oxygens (including phenoxy) is 2. The molecule has 2 aromatic rings. The maximum atomic E-state index is 12.4. The Hall–Kier alpha value is -2.46. The molecule has 0 bridgehead atoms. The zero-order valence-electron chi connectivity index (χ0n) is 14.3. The fraction of sp³-hybridized carbons (Fsp3) is 0.438. The number of hydrogen-bond donors (Lipinski definition) is 1. The normalized spacial score (nSPS) is 17.0. The second kappa shape index (κ2) is 8.96. The van der Waals surface area contributed by atoms with Gasteiger partial charge in [-0.25, -0.2) is 0 Å². The van der Waals surface area contributed by atoms with Crippen LogP contribution in [0.4, 0.5) is 8.78 Å². The molecule has 1 aliphatic rings. The summed E-state index contributed by atoms with van der Waals surface area (Å²) < 4.78 is 39.4. The lowest BCUT2D eigenvalue weighted by Crippen LogP contribution is -2.22. The zero-order valence-corrected chi connectivity index (χ0v) is 15.1. The van der Waals surface area contributed by atoms with Crippen molar-refractivity contribution in [1.82, 2.24) is 15.0 Å². The number of benzene rings is 1. The lowest BCUT2D eigenvalue weighted by atomic mass is 10.1. The summed E-state index contributed by atoms with van der Waals surface area (Å²) in [6.45, 7) is -1.54. The molecule has 3 rings (SSSR count). The Morgan fingerprint density at radius 1 is 1.44 bits per heavy atom. The Labute approximate surface area is 159 Å². The van der Waals surface area contributed by atoms with Crippen molar-refractivity contribution in [1.29, 1.82) is 0 Å². The molecule has 148 valence electrons. The van der Waals surface area contributed by atoms with Crippen LogP contribution in [0.2, 0.25) is 0 Å². The highest BCUT2D eigenvalue weighted by Crippen LogP contribution is 2.32. The predicted molar refractivity (Wildman–Crippen MR) is 91.2 cm³/mol. The number of hydrogen-bond acceptors (Lipinski definition) is 7. The minimum absolute atomic E-state index is 0. The van der Waals surface area contributed by atoms with E-state index in [0.717, 1.165) is 0 Å². The third kappa shape index (κ3) is 5.04. The van der Waals surface area contributed by atoms with E-state index >= 15 is 0 Å².